The number of unbranched alkanes of at least 4 members (excludes halogenated alkanes) is 1. The molecule has 4 heteroatoms. The van der Waals surface area contributed by atoms with E-state index in [0.717, 1.165) is 12.8 Å². The Balaban J connectivity index is 3.91. The second-order valence-corrected chi connectivity index (χ2v) is 5.08. The lowest BCUT2D eigenvalue weighted by Gasteiger charge is -2.19. The van der Waals surface area contributed by atoms with Crippen LogP contribution in [0.5, 0.6) is 0 Å². The highest BCUT2D eigenvalue weighted by Gasteiger charge is 2.20. The van der Waals surface area contributed by atoms with E-state index in [1.165, 1.54) is 0 Å². The number of hydrogen-bond donors (Lipinski definition) is 0. The molecule has 0 fully saturated rings. The highest BCUT2D eigenvalue weighted by molar-refractivity contribution is 4.70. The van der Waals surface area contributed by atoms with Crippen molar-refractivity contribution in [2.24, 2.45) is 10.2 Å². The van der Waals surface area contributed by atoms with Gasteiger partial charge in [0.1, 0.15) is 0 Å². The molecule has 0 bridgehead atoms. The number of rotatable bonds is 6. The Kier molecular flexibility index (Phi) is 5.98. The molecule has 0 unspecified atom stereocenters. The van der Waals surface area contributed by atoms with Crippen LogP contribution >= 0.6 is 0 Å². The first-order valence-corrected chi connectivity index (χ1v) is 5.51. The van der Waals surface area contributed by atoms with E-state index in [1.54, 1.807) is 0 Å². The van der Waals surface area contributed by atoms with Gasteiger partial charge in [-0.1, -0.05) is 13.3 Å². The maximum atomic E-state index is 5.17. The van der Waals surface area contributed by atoms with Crippen LogP contribution in [0.15, 0.2) is 10.2 Å². The van der Waals surface area contributed by atoms with Crippen LogP contribution in [0.1, 0.15) is 54.4 Å². The molecule has 0 heterocycles. The average molecular weight is 216 g/mol. The van der Waals surface area contributed by atoms with Gasteiger partial charge in [-0.3, -0.25) is 0 Å². The van der Waals surface area contributed by atoms with Crippen molar-refractivity contribution in [3.8, 4) is 0 Å². The molecular weight excluding hydrogens is 192 g/mol. The predicted molar refractivity (Wildman–Crippen MR) is 60.6 cm³/mol. The van der Waals surface area contributed by atoms with Gasteiger partial charge in [-0.15, -0.1) is 0 Å². The Morgan fingerprint density at radius 1 is 1.00 bits per heavy atom. The molecule has 0 saturated carbocycles. The van der Waals surface area contributed by atoms with Crippen molar-refractivity contribution < 1.29 is 9.78 Å². The van der Waals surface area contributed by atoms with Crippen molar-refractivity contribution in [3.05, 3.63) is 0 Å². The van der Waals surface area contributed by atoms with Gasteiger partial charge < -0.3 is 0 Å². The van der Waals surface area contributed by atoms with Crippen molar-refractivity contribution >= 4 is 0 Å². The minimum atomic E-state index is -0.707. The molecule has 0 aliphatic heterocycles. The van der Waals surface area contributed by atoms with Gasteiger partial charge in [-0.05, 0) is 41.0 Å². The van der Waals surface area contributed by atoms with Gasteiger partial charge in [0.2, 0.25) is 5.72 Å². The molecule has 0 rings (SSSR count). The second kappa shape index (κ2) is 6.18. The van der Waals surface area contributed by atoms with E-state index in [4.69, 9.17) is 9.78 Å². The van der Waals surface area contributed by atoms with Crippen molar-refractivity contribution in [2.75, 3.05) is 6.61 Å². The molecular formula is C11H24N2O2. The van der Waals surface area contributed by atoms with Crippen LogP contribution in [-0.4, -0.2) is 17.9 Å². The van der Waals surface area contributed by atoms with Gasteiger partial charge in [0, 0.05) is 0 Å². The van der Waals surface area contributed by atoms with Crippen LogP contribution in [0.25, 0.3) is 0 Å². The Hall–Kier alpha value is -0.480. The molecule has 0 radical (unpaired) electrons. The van der Waals surface area contributed by atoms with Crippen LogP contribution in [0.3, 0.4) is 0 Å². The molecule has 4 nitrogen and oxygen atoms in total. The van der Waals surface area contributed by atoms with Gasteiger partial charge in [-0.2, -0.15) is 10.2 Å². The summed E-state index contributed by atoms with van der Waals surface area (Å²) >= 11 is 0. The zero-order valence-corrected chi connectivity index (χ0v) is 10.8. The first kappa shape index (κ1) is 14.5. The normalized spacial score (nSPS) is 13.7. The molecule has 0 N–H and O–H groups in total. The quantitative estimate of drug-likeness (QED) is 0.294. The van der Waals surface area contributed by atoms with Gasteiger partial charge in [-0.25, -0.2) is 9.78 Å². The molecule has 0 spiro atoms. The van der Waals surface area contributed by atoms with E-state index < -0.39 is 5.72 Å². The SMILES string of the molecule is CCCCOOC(C)(C)/N=N/C(C)(C)C. The summed E-state index contributed by atoms with van der Waals surface area (Å²) in [6.07, 6.45) is 2.08. The monoisotopic (exact) mass is 216 g/mol. The zero-order chi connectivity index (χ0) is 11.9. The Bertz CT molecular complexity index is 195. The number of hydrogen-bond acceptors (Lipinski definition) is 4. The largest absolute Gasteiger partial charge is 0.234 e. The van der Waals surface area contributed by atoms with E-state index in [9.17, 15) is 0 Å². The van der Waals surface area contributed by atoms with Crippen molar-refractivity contribution in [1.82, 2.24) is 0 Å². The van der Waals surface area contributed by atoms with E-state index in [0.29, 0.717) is 6.61 Å². The minimum absolute atomic E-state index is 0.177. The molecule has 15 heavy (non-hydrogen) atoms. The minimum Gasteiger partial charge on any atom is -0.234 e. The molecule has 0 amide bonds. The third-order valence-corrected chi connectivity index (χ3v) is 1.43. The van der Waals surface area contributed by atoms with Crippen molar-refractivity contribution in [3.63, 3.8) is 0 Å². The molecule has 0 aromatic heterocycles. The summed E-state index contributed by atoms with van der Waals surface area (Å²) in [5, 5.41) is 8.25. The van der Waals surface area contributed by atoms with Crippen LogP contribution in [0.2, 0.25) is 0 Å². The van der Waals surface area contributed by atoms with Gasteiger partial charge >= 0.3 is 0 Å². The summed E-state index contributed by atoms with van der Waals surface area (Å²) in [5.41, 5.74) is -0.884. The number of nitrogens with zero attached hydrogens (tertiary/aromatic N) is 2. The Labute approximate surface area is 93.0 Å². The summed E-state index contributed by atoms with van der Waals surface area (Å²) in [6, 6.07) is 0. The first-order chi connectivity index (χ1) is 6.77. The lowest BCUT2D eigenvalue weighted by atomic mass is 10.1. The fraction of sp³-hybridized carbons (Fsp3) is 1.00. The third kappa shape index (κ3) is 9.82. The molecule has 0 atom stereocenters. The molecule has 0 saturated heterocycles. The highest BCUT2D eigenvalue weighted by atomic mass is 17.2. The molecule has 0 aliphatic carbocycles. The van der Waals surface area contributed by atoms with Crippen LogP contribution in [-0.2, 0) is 9.78 Å². The maximum absolute atomic E-state index is 5.17. The van der Waals surface area contributed by atoms with Crippen LogP contribution in [0, 0.1) is 0 Å². The van der Waals surface area contributed by atoms with Gasteiger partial charge in [0.25, 0.3) is 0 Å². The van der Waals surface area contributed by atoms with Crippen molar-refractivity contribution in [2.45, 2.75) is 65.6 Å². The summed E-state index contributed by atoms with van der Waals surface area (Å²) in [7, 11) is 0. The summed E-state index contributed by atoms with van der Waals surface area (Å²) in [4.78, 5) is 10.2. The van der Waals surface area contributed by atoms with E-state index in [-0.39, 0.29) is 5.54 Å². The second-order valence-electron chi connectivity index (χ2n) is 5.08. The summed E-state index contributed by atoms with van der Waals surface area (Å²) in [5.74, 6) is 0. The molecule has 90 valence electrons. The summed E-state index contributed by atoms with van der Waals surface area (Å²) < 4.78 is 0. The zero-order valence-electron chi connectivity index (χ0n) is 10.8. The molecule has 0 aromatic carbocycles. The van der Waals surface area contributed by atoms with Gasteiger partial charge in [0.15, 0.2) is 0 Å². The van der Waals surface area contributed by atoms with Gasteiger partial charge in [0.05, 0.1) is 12.1 Å². The maximum Gasteiger partial charge on any atom is 0.206 e. The number of azo groups is 1. The lowest BCUT2D eigenvalue weighted by molar-refractivity contribution is -0.352. The topological polar surface area (TPSA) is 43.2 Å². The molecule has 0 aromatic rings. The molecule has 0 aliphatic rings. The predicted octanol–water partition coefficient (Wildman–Crippen LogP) is 3.72. The Morgan fingerprint density at radius 2 is 1.60 bits per heavy atom. The smallest absolute Gasteiger partial charge is 0.206 e. The Morgan fingerprint density at radius 3 is 2.07 bits per heavy atom. The van der Waals surface area contributed by atoms with Crippen LogP contribution < -0.4 is 0 Å². The fourth-order valence-electron chi connectivity index (χ4n) is 0.676. The first-order valence-electron chi connectivity index (χ1n) is 5.51. The van der Waals surface area contributed by atoms with E-state index >= 15 is 0 Å². The van der Waals surface area contributed by atoms with Crippen molar-refractivity contribution in [1.29, 1.82) is 0 Å². The van der Waals surface area contributed by atoms with E-state index in [2.05, 4.69) is 17.2 Å². The van der Waals surface area contributed by atoms with E-state index in [1.807, 2.05) is 34.6 Å². The standard InChI is InChI=1S/C11H24N2O2/c1-7-8-9-14-15-11(5,6)13-12-10(2,3)4/h7-9H2,1-6H3/b13-12+. The lowest BCUT2D eigenvalue weighted by Crippen LogP contribution is -2.23. The highest BCUT2D eigenvalue weighted by Crippen LogP contribution is 2.16. The fourth-order valence-corrected chi connectivity index (χ4v) is 0.676. The summed E-state index contributed by atoms with van der Waals surface area (Å²) in [6.45, 7) is 12.3. The third-order valence-electron chi connectivity index (χ3n) is 1.43. The van der Waals surface area contributed by atoms with Crippen LogP contribution in [0.4, 0.5) is 0 Å². The average Bonchev–Trinajstić information content (AvgIpc) is 2.09.